The summed E-state index contributed by atoms with van der Waals surface area (Å²) in [5.74, 6) is 0.999. The van der Waals surface area contributed by atoms with Crippen LogP contribution in [-0.4, -0.2) is 39.1 Å². The number of hydrogen-bond acceptors (Lipinski definition) is 5. The number of amides is 1. The summed E-state index contributed by atoms with van der Waals surface area (Å²) in [5, 5.41) is 2.86. The average Bonchev–Trinajstić information content (AvgIpc) is 3.09. The number of aromatic nitrogens is 3. The van der Waals surface area contributed by atoms with E-state index >= 15 is 0 Å². The monoisotopic (exact) mass is 458 g/mol. The molecule has 0 radical (unpaired) electrons. The van der Waals surface area contributed by atoms with Crippen molar-refractivity contribution in [1.29, 1.82) is 0 Å². The maximum atomic E-state index is 12.2. The van der Waals surface area contributed by atoms with E-state index in [9.17, 15) is 9.59 Å². The van der Waals surface area contributed by atoms with E-state index in [-0.39, 0.29) is 11.9 Å². The molecule has 1 amide bonds. The molecule has 0 spiro atoms. The Kier molecular flexibility index (Phi) is 11.9. The van der Waals surface area contributed by atoms with Gasteiger partial charge in [0.05, 0.1) is 23.8 Å². The van der Waals surface area contributed by atoms with Crippen LogP contribution in [0.1, 0.15) is 90.8 Å². The summed E-state index contributed by atoms with van der Waals surface area (Å²) in [6.07, 6.45) is 13.9. The predicted octanol–water partition coefficient (Wildman–Crippen LogP) is 5.34. The highest BCUT2D eigenvalue weighted by atomic mass is 16.5. The SMILES string of the molecule is CCOC(=O)[C@H](CC(C)C)NC(=O)CCCCCCCCCCn1c(C)nc2ccncc21. The lowest BCUT2D eigenvalue weighted by Crippen LogP contribution is -2.42. The molecule has 2 aromatic heterocycles. The maximum absolute atomic E-state index is 12.2. The average molecular weight is 459 g/mol. The van der Waals surface area contributed by atoms with Gasteiger partial charge in [0.2, 0.25) is 5.91 Å². The molecule has 184 valence electrons. The van der Waals surface area contributed by atoms with E-state index in [1.807, 2.05) is 26.1 Å². The van der Waals surface area contributed by atoms with E-state index in [1.54, 1.807) is 13.1 Å². The lowest BCUT2D eigenvalue weighted by atomic mass is 10.0. The van der Waals surface area contributed by atoms with Crippen molar-refractivity contribution in [3.05, 3.63) is 24.3 Å². The highest BCUT2D eigenvalue weighted by molar-refractivity contribution is 5.84. The molecular weight excluding hydrogens is 416 g/mol. The summed E-state index contributed by atoms with van der Waals surface area (Å²) < 4.78 is 7.35. The molecule has 33 heavy (non-hydrogen) atoms. The third-order valence-electron chi connectivity index (χ3n) is 5.89. The molecule has 0 aromatic carbocycles. The molecule has 7 heteroatoms. The van der Waals surface area contributed by atoms with Crippen LogP contribution in [-0.2, 0) is 20.9 Å². The van der Waals surface area contributed by atoms with Crippen molar-refractivity contribution >= 4 is 22.9 Å². The van der Waals surface area contributed by atoms with Crippen molar-refractivity contribution < 1.29 is 14.3 Å². The normalized spacial score (nSPS) is 12.3. The highest BCUT2D eigenvalue weighted by Gasteiger charge is 2.22. The zero-order chi connectivity index (χ0) is 24.1. The molecule has 0 fully saturated rings. The molecule has 2 heterocycles. The number of pyridine rings is 1. The Labute approximate surface area is 198 Å². The molecule has 7 nitrogen and oxygen atoms in total. The first-order valence-electron chi connectivity index (χ1n) is 12.6. The number of nitrogens with zero attached hydrogens (tertiary/aromatic N) is 3. The number of carbonyl (C=O) groups is 2. The lowest BCUT2D eigenvalue weighted by molar-refractivity contribution is -0.147. The number of esters is 1. The van der Waals surface area contributed by atoms with Crippen molar-refractivity contribution in [2.45, 2.75) is 104 Å². The number of imidazole rings is 1. The number of ether oxygens (including phenoxy) is 1. The molecule has 0 aliphatic carbocycles. The number of fused-ring (bicyclic) bond motifs is 1. The first-order chi connectivity index (χ1) is 15.9. The number of unbranched alkanes of at least 4 members (excludes halogenated alkanes) is 7. The van der Waals surface area contributed by atoms with E-state index in [0.717, 1.165) is 49.1 Å². The van der Waals surface area contributed by atoms with Crippen molar-refractivity contribution in [1.82, 2.24) is 19.9 Å². The third kappa shape index (κ3) is 9.52. The predicted molar refractivity (Wildman–Crippen MR) is 132 cm³/mol. The Morgan fingerprint density at radius 2 is 1.73 bits per heavy atom. The first kappa shape index (κ1) is 26.8. The fraction of sp³-hybridized carbons (Fsp3) is 0.692. The van der Waals surface area contributed by atoms with Gasteiger partial charge >= 0.3 is 5.97 Å². The van der Waals surface area contributed by atoms with Crippen LogP contribution in [0.25, 0.3) is 11.0 Å². The van der Waals surface area contributed by atoms with Gasteiger partial charge in [0, 0.05) is 19.2 Å². The third-order valence-corrected chi connectivity index (χ3v) is 5.89. The number of carbonyl (C=O) groups excluding carboxylic acids is 2. The van der Waals surface area contributed by atoms with Gasteiger partial charge in [0.15, 0.2) is 0 Å². The van der Waals surface area contributed by atoms with Crippen molar-refractivity contribution in [2.24, 2.45) is 5.92 Å². The second kappa shape index (κ2) is 14.7. The molecule has 0 saturated carbocycles. The van der Waals surface area contributed by atoms with Gasteiger partial charge in [0.25, 0.3) is 0 Å². The second-order valence-electron chi connectivity index (χ2n) is 9.26. The molecule has 0 unspecified atom stereocenters. The maximum Gasteiger partial charge on any atom is 0.328 e. The number of hydrogen-bond donors (Lipinski definition) is 1. The van der Waals surface area contributed by atoms with Crippen molar-refractivity contribution in [2.75, 3.05) is 6.61 Å². The zero-order valence-electron chi connectivity index (χ0n) is 20.9. The number of rotatable bonds is 16. The van der Waals surface area contributed by atoms with Crippen molar-refractivity contribution in [3.8, 4) is 0 Å². The number of nitrogens with one attached hydrogen (secondary N) is 1. The Bertz CT molecular complexity index is 862. The topological polar surface area (TPSA) is 86.1 Å². The summed E-state index contributed by atoms with van der Waals surface area (Å²) in [7, 11) is 0. The van der Waals surface area contributed by atoms with Gasteiger partial charge in [-0.25, -0.2) is 9.78 Å². The smallest absolute Gasteiger partial charge is 0.328 e. The standard InChI is InChI=1S/C26H42N4O3/c1-5-33-26(32)23(18-20(2)3)29-25(31)14-12-10-8-6-7-9-11-13-17-30-21(4)28-22-15-16-27-19-24(22)30/h15-16,19-20,23H,5-14,17-18H2,1-4H3,(H,29,31)/t23-/m0/s1. The van der Waals surface area contributed by atoms with Gasteiger partial charge in [-0.2, -0.15) is 0 Å². The van der Waals surface area contributed by atoms with E-state index in [2.05, 4.69) is 26.8 Å². The molecular formula is C26H42N4O3. The molecule has 1 N–H and O–H groups in total. The van der Waals surface area contributed by atoms with E-state index in [4.69, 9.17) is 4.74 Å². The Hall–Kier alpha value is -2.44. The van der Waals surface area contributed by atoms with Crippen LogP contribution in [0, 0.1) is 12.8 Å². The van der Waals surface area contributed by atoms with Crippen LogP contribution in [0.15, 0.2) is 18.5 Å². The molecule has 0 saturated heterocycles. The minimum Gasteiger partial charge on any atom is -0.464 e. The van der Waals surface area contributed by atoms with Gasteiger partial charge in [-0.05, 0) is 45.1 Å². The van der Waals surface area contributed by atoms with Crippen LogP contribution < -0.4 is 5.32 Å². The quantitative estimate of drug-likeness (QED) is 0.271. The minimum atomic E-state index is -0.530. The molecule has 1 atom stereocenters. The highest BCUT2D eigenvalue weighted by Crippen LogP contribution is 2.16. The van der Waals surface area contributed by atoms with Gasteiger partial charge in [-0.3, -0.25) is 9.78 Å². The van der Waals surface area contributed by atoms with E-state index < -0.39 is 6.04 Å². The van der Waals surface area contributed by atoms with Crippen LogP contribution >= 0.6 is 0 Å². The zero-order valence-corrected chi connectivity index (χ0v) is 20.9. The number of aryl methyl sites for hydroxylation is 2. The van der Waals surface area contributed by atoms with Crippen LogP contribution in [0.4, 0.5) is 0 Å². The van der Waals surface area contributed by atoms with E-state index in [0.29, 0.717) is 25.4 Å². The molecule has 0 aliphatic heterocycles. The van der Waals surface area contributed by atoms with Gasteiger partial charge < -0.3 is 14.6 Å². The van der Waals surface area contributed by atoms with Crippen molar-refractivity contribution in [3.63, 3.8) is 0 Å². The minimum absolute atomic E-state index is 0.0498. The summed E-state index contributed by atoms with van der Waals surface area (Å²) in [6, 6.07) is 1.44. The van der Waals surface area contributed by atoms with Crippen LogP contribution in [0.3, 0.4) is 0 Å². The molecule has 0 aliphatic rings. The fourth-order valence-electron chi connectivity index (χ4n) is 4.18. The fourth-order valence-corrected chi connectivity index (χ4v) is 4.18. The summed E-state index contributed by atoms with van der Waals surface area (Å²) in [6.45, 7) is 9.24. The molecule has 2 rings (SSSR count). The Morgan fingerprint density at radius 3 is 2.39 bits per heavy atom. The molecule has 2 aromatic rings. The second-order valence-corrected chi connectivity index (χ2v) is 9.26. The lowest BCUT2D eigenvalue weighted by Gasteiger charge is -2.19. The molecule has 0 bridgehead atoms. The van der Waals surface area contributed by atoms with E-state index in [1.165, 1.54) is 25.7 Å². The van der Waals surface area contributed by atoms with Gasteiger partial charge in [-0.1, -0.05) is 52.4 Å². The summed E-state index contributed by atoms with van der Waals surface area (Å²) >= 11 is 0. The Morgan fingerprint density at radius 1 is 1.06 bits per heavy atom. The Balaban J connectivity index is 1.52. The van der Waals surface area contributed by atoms with Crippen LogP contribution in [0.2, 0.25) is 0 Å². The van der Waals surface area contributed by atoms with Gasteiger partial charge in [-0.15, -0.1) is 0 Å². The van der Waals surface area contributed by atoms with Crippen LogP contribution in [0.5, 0.6) is 0 Å². The largest absolute Gasteiger partial charge is 0.464 e. The summed E-state index contributed by atoms with van der Waals surface area (Å²) in [4.78, 5) is 33.1. The summed E-state index contributed by atoms with van der Waals surface area (Å²) in [5.41, 5.74) is 2.14. The van der Waals surface area contributed by atoms with Gasteiger partial charge in [0.1, 0.15) is 11.9 Å². The first-order valence-corrected chi connectivity index (χ1v) is 12.6.